The first-order valence-electron chi connectivity index (χ1n) is 6.56. The summed E-state index contributed by atoms with van der Waals surface area (Å²) in [5, 5.41) is -0.199. The van der Waals surface area contributed by atoms with E-state index >= 15 is 0 Å². The topological polar surface area (TPSA) is 26.3 Å². The molecule has 108 valence electrons. The number of carbonyl (C=O) groups excluding carboxylic acids is 1. The van der Waals surface area contributed by atoms with Crippen LogP contribution in [-0.2, 0) is 9.53 Å². The van der Waals surface area contributed by atoms with Crippen molar-refractivity contribution in [2.24, 2.45) is 0 Å². The first-order valence-corrected chi connectivity index (χ1v) is 7.61. The van der Waals surface area contributed by atoms with Crippen molar-refractivity contribution in [3.63, 3.8) is 0 Å². The van der Waals surface area contributed by atoms with E-state index in [4.69, 9.17) is 4.74 Å². The molecule has 2 nitrogen and oxygen atoms in total. The number of rotatable bonds is 10. The molecule has 0 spiro atoms. The SMILES string of the molecule is CCCCC(SCCCC(C)(F)F)C(=O)OCC. The van der Waals surface area contributed by atoms with E-state index < -0.39 is 5.92 Å². The largest absolute Gasteiger partial charge is 0.465 e. The van der Waals surface area contributed by atoms with Gasteiger partial charge in [-0.3, -0.25) is 4.79 Å². The summed E-state index contributed by atoms with van der Waals surface area (Å²) in [6.07, 6.45) is 3.05. The maximum Gasteiger partial charge on any atom is 0.319 e. The zero-order chi connectivity index (χ0) is 14.0. The Labute approximate surface area is 113 Å². The van der Waals surface area contributed by atoms with E-state index in [2.05, 4.69) is 6.92 Å². The number of thioether (sulfide) groups is 1. The number of hydrogen-bond acceptors (Lipinski definition) is 3. The lowest BCUT2D eigenvalue weighted by Gasteiger charge is -2.15. The molecule has 0 aromatic rings. The Bertz CT molecular complexity index is 230. The lowest BCUT2D eigenvalue weighted by Crippen LogP contribution is -2.21. The highest BCUT2D eigenvalue weighted by Gasteiger charge is 2.22. The van der Waals surface area contributed by atoms with Crippen LogP contribution in [0.3, 0.4) is 0 Å². The third kappa shape index (κ3) is 9.68. The van der Waals surface area contributed by atoms with Gasteiger partial charge in [0.15, 0.2) is 0 Å². The number of hydrogen-bond donors (Lipinski definition) is 0. The third-order valence-corrected chi connectivity index (χ3v) is 3.80. The van der Waals surface area contributed by atoms with Gasteiger partial charge in [0, 0.05) is 6.42 Å². The molecule has 0 rings (SSSR count). The van der Waals surface area contributed by atoms with Crippen LogP contribution in [0.5, 0.6) is 0 Å². The smallest absolute Gasteiger partial charge is 0.319 e. The number of unbranched alkanes of at least 4 members (excludes halogenated alkanes) is 1. The van der Waals surface area contributed by atoms with Crippen LogP contribution in [0.1, 0.15) is 52.9 Å². The summed E-state index contributed by atoms with van der Waals surface area (Å²) in [5.74, 6) is -2.24. The quantitative estimate of drug-likeness (QED) is 0.442. The Morgan fingerprint density at radius 3 is 2.50 bits per heavy atom. The highest BCUT2D eigenvalue weighted by molar-refractivity contribution is 8.00. The molecule has 0 aromatic carbocycles. The fraction of sp³-hybridized carbons (Fsp3) is 0.923. The van der Waals surface area contributed by atoms with Crippen LogP contribution in [0.25, 0.3) is 0 Å². The van der Waals surface area contributed by atoms with Crippen molar-refractivity contribution in [3.8, 4) is 0 Å². The average Bonchev–Trinajstić information content (AvgIpc) is 2.27. The molecule has 0 aliphatic carbocycles. The van der Waals surface area contributed by atoms with Crippen LogP contribution in [-0.4, -0.2) is 29.5 Å². The van der Waals surface area contributed by atoms with E-state index in [0.717, 1.165) is 26.2 Å². The fourth-order valence-electron chi connectivity index (χ4n) is 1.50. The molecule has 1 atom stereocenters. The normalized spacial score (nSPS) is 13.4. The molecule has 0 heterocycles. The lowest BCUT2D eigenvalue weighted by molar-refractivity contribution is -0.142. The van der Waals surface area contributed by atoms with Gasteiger partial charge in [0.1, 0.15) is 5.25 Å². The van der Waals surface area contributed by atoms with E-state index in [1.54, 1.807) is 6.92 Å². The minimum Gasteiger partial charge on any atom is -0.465 e. The molecule has 18 heavy (non-hydrogen) atoms. The van der Waals surface area contributed by atoms with E-state index in [9.17, 15) is 13.6 Å². The number of ether oxygens (including phenoxy) is 1. The molecular formula is C13H24F2O2S. The first-order chi connectivity index (χ1) is 8.40. The Balaban J connectivity index is 3.96. The summed E-state index contributed by atoms with van der Waals surface area (Å²) in [4.78, 5) is 11.6. The van der Waals surface area contributed by atoms with Gasteiger partial charge in [0.25, 0.3) is 0 Å². The molecule has 0 N–H and O–H groups in total. The van der Waals surface area contributed by atoms with Gasteiger partial charge < -0.3 is 4.74 Å². The summed E-state index contributed by atoms with van der Waals surface area (Å²) in [5.41, 5.74) is 0. The first kappa shape index (κ1) is 17.7. The zero-order valence-electron chi connectivity index (χ0n) is 11.5. The summed E-state index contributed by atoms with van der Waals surface area (Å²) in [6.45, 7) is 5.13. The highest BCUT2D eigenvalue weighted by Crippen LogP contribution is 2.24. The second kappa shape index (κ2) is 9.59. The van der Waals surface area contributed by atoms with Crippen molar-refractivity contribution in [3.05, 3.63) is 0 Å². The molecule has 0 aliphatic heterocycles. The number of carbonyl (C=O) groups is 1. The van der Waals surface area contributed by atoms with Crippen LogP contribution in [0.2, 0.25) is 0 Å². The van der Waals surface area contributed by atoms with E-state index in [0.29, 0.717) is 18.8 Å². The van der Waals surface area contributed by atoms with E-state index in [1.807, 2.05) is 0 Å². The predicted molar refractivity (Wildman–Crippen MR) is 72.3 cm³/mol. The molecule has 0 bridgehead atoms. The van der Waals surface area contributed by atoms with Gasteiger partial charge in [-0.25, -0.2) is 8.78 Å². The zero-order valence-corrected chi connectivity index (χ0v) is 12.3. The van der Waals surface area contributed by atoms with Crippen molar-refractivity contribution >= 4 is 17.7 Å². The maximum absolute atomic E-state index is 12.6. The van der Waals surface area contributed by atoms with Crippen LogP contribution < -0.4 is 0 Å². The Morgan fingerprint density at radius 1 is 1.33 bits per heavy atom. The van der Waals surface area contributed by atoms with Gasteiger partial charge in [-0.2, -0.15) is 0 Å². The summed E-state index contributed by atoms with van der Waals surface area (Å²) < 4.78 is 30.2. The molecule has 0 aromatic heterocycles. The number of halogens is 2. The third-order valence-electron chi connectivity index (χ3n) is 2.45. The monoisotopic (exact) mass is 282 g/mol. The maximum atomic E-state index is 12.6. The minimum atomic E-state index is -2.61. The van der Waals surface area contributed by atoms with Crippen LogP contribution >= 0.6 is 11.8 Å². The van der Waals surface area contributed by atoms with Gasteiger partial charge in [0.2, 0.25) is 5.92 Å². The summed E-state index contributed by atoms with van der Waals surface area (Å²) in [6, 6.07) is 0. The Morgan fingerprint density at radius 2 is 2.00 bits per heavy atom. The van der Waals surface area contributed by atoms with Crippen LogP contribution in [0.15, 0.2) is 0 Å². The molecule has 0 fully saturated rings. The second-order valence-corrected chi connectivity index (χ2v) is 5.74. The van der Waals surface area contributed by atoms with Gasteiger partial charge in [-0.1, -0.05) is 19.8 Å². The molecule has 0 saturated heterocycles. The standard InChI is InChI=1S/C13H24F2O2S/c1-4-6-8-11(12(16)17-5-2)18-10-7-9-13(3,14)15/h11H,4-10H2,1-3H3. The number of alkyl halides is 2. The highest BCUT2D eigenvalue weighted by atomic mass is 32.2. The van der Waals surface area contributed by atoms with Crippen molar-refractivity contribution in [1.82, 2.24) is 0 Å². The van der Waals surface area contributed by atoms with Crippen molar-refractivity contribution < 1.29 is 18.3 Å². The molecule has 0 aliphatic rings. The molecule has 0 radical (unpaired) electrons. The molecule has 0 amide bonds. The number of esters is 1. The van der Waals surface area contributed by atoms with Gasteiger partial charge in [-0.15, -0.1) is 11.8 Å². The van der Waals surface area contributed by atoms with Gasteiger partial charge in [0.05, 0.1) is 6.61 Å². The Kier molecular flexibility index (Phi) is 9.42. The fourth-order valence-corrected chi connectivity index (χ4v) is 2.64. The molecular weight excluding hydrogens is 258 g/mol. The van der Waals surface area contributed by atoms with Crippen LogP contribution in [0, 0.1) is 0 Å². The van der Waals surface area contributed by atoms with Crippen LogP contribution in [0.4, 0.5) is 8.78 Å². The average molecular weight is 282 g/mol. The second-order valence-electron chi connectivity index (χ2n) is 4.43. The molecule has 1 unspecified atom stereocenters. The van der Waals surface area contributed by atoms with Crippen molar-refractivity contribution in [2.75, 3.05) is 12.4 Å². The Hall–Kier alpha value is -0.320. The summed E-state index contributed by atoms with van der Waals surface area (Å²) >= 11 is 1.44. The molecule has 0 saturated carbocycles. The van der Waals surface area contributed by atoms with Gasteiger partial charge in [-0.05, 0) is 32.4 Å². The minimum absolute atomic E-state index is 0.122. The summed E-state index contributed by atoms with van der Waals surface area (Å²) in [7, 11) is 0. The van der Waals surface area contributed by atoms with E-state index in [1.165, 1.54) is 11.8 Å². The van der Waals surface area contributed by atoms with Crippen molar-refractivity contribution in [1.29, 1.82) is 0 Å². The van der Waals surface area contributed by atoms with Gasteiger partial charge >= 0.3 is 5.97 Å². The van der Waals surface area contributed by atoms with E-state index in [-0.39, 0.29) is 17.6 Å². The molecule has 5 heteroatoms. The predicted octanol–water partition coefficient (Wildman–Crippen LogP) is 4.28. The van der Waals surface area contributed by atoms with Crippen molar-refractivity contribution in [2.45, 2.75) is 64.0 Å². The lowest BCUT2D eigenvalue weighted by atomic mass is 10.2.